The lowest BCUT2D eigenvalue weighted by atomic mass is 9.46. The molecule has 252 valence electrons. The molecule has 0 heterocycles. The van der Waals surface area contributed by atoms with Gasteiger partial charge >= 0.3 is 11.9 Å². The maximum Gasteiger partial charge on any atom is 0.309 e. The number of allylic oxidation sites excluding steroid dienone is 4. The zero-order chi connectivity index (χ0) is 33.4. The highest BCUT2D eigenvalue weighted by molar-refractivity contribution is 5.75. The van der Waals surface area contributed by atoms with Crippen molar-refractivity contribution in [2.75, 3.05) is 0 Å². The van der Waals surface area contributed by atoms with Crippen LogP contribution in [0, 0.1) is 57.2 Å². The molecule has 45 heavy (non-hydrogen) atoms. The summed E-state index contributed by atoms with van der Waals surface area (Å²) < 4.78 is 0. The summed E-state index contributed by atoms with van der Waals surface area (Å²) in [5.74, 6) is 0.267. The summed E-state index contributed by atoms with van der Waals surface area (Å²) in [6.07, 6.45) is 17.2. The number of rotatable bonds is 12. The third-order valence-electron chi connectivity index (χ3n) is 14.3. The van der Waals surface area contributed by atoms with Crippen LogP contribution in [0.15, 0.2) is 36.0 Å². The van der Waals surface area contributed by atoms with Crippen molar-refractivity contribution in [3.8, 4) is 0 Å². The highest BCUT2D eigenvalue weighted by atomic mass is 16.4. The summed E-state index contributed by atoms with van der Waals surface area (Å²) in [7, 11) is 0. The Bertz CT molecular complexity index is 1200. The lowest BCUT2D eigenvalue weighted by molar-refractivity contribution is -0.164. The van der Waals surface area contributed by atoms with Crippen molar-refractivity contribution in [3.63, 3.8) is 0 Å². The summed E-state index contributed by atoms with van der Waals surface area (Å²) >= 11 is 0. The van der Waals surface area contributed by atoms with E-state index in [0.717, 1.165) is 108 Å². The molecule has 0 aromatic heterocycles. The first-order valence-electron chi connectivity index (χ1n) is 18.0. The molecule has 4 aliphatic carbocycles. The fourth-order valence-electron chi connectivity index (χ4n) is 11.3. The Morgan fingerprint density at radius 3 is 1.67 bits per heavy atom. The van der Waals surface area contributed by atoms with Crippen LogP contribution in [0.3, 0.4) is 0 Å². The zero-order valence-corrected chi connectivity index (χ0v) is 29.3. The number of carbonyl (C=O) groups is 3. The quantitative estimate of drug-likeness (QED) is 0.128. The number of hydrogen-bond donors (Lipinski definition) is 2. The van der Waals surface area contributed by atoms with Crippen molar-refractivity contribution in [2.45, 2.75) is 138 Å². The number of fused-ring (bicyclic) bond motifs is 2. The van der Waals surface area contributed by atoms with Crippen LogP contribution in [-0.4, -0.2) is 28.4 Å². The third kappa shape index (κ3) is 6.53. The SMILES string of the molecule is C=C1CC[C@@H]2[C@](C)(CCC[C@]2(C)C(=O)O)[C@@H]1CC[C@H](C)C/C=C(/C=O)[C@@H](C)CC[C@H]1C(=C)CC[C@@H]2[C@]1(C)CCC[C@]2(C)C(=O)O. The molecular formula is C40H62O5. The standard InChI is InChI=1S/C40H62O5/c1-26(12-17-31-28(3)14-19-33-37(31,5)21-9-23-39(33,7)35(42)43)11-16-30(25-41)27(2)13-18-32-29(4)15-20-34-38(32,6)22-10-24-40(34,8)36(44)45/h16,25-27,31-34H,3-4,9-15,17-24H2,1-2,5-8H3,(H,42,43)(H,44,45)/b30-16-/t26-,27+,31-,32+,33-,34-,37-,38-,39+,40+/m1/s1. The van der Waals surface area contributed by atoms with E-state index in [1.807, 2.05) is 13.8 Å². The summed E-state index contributed by atoms with van der Waals surface area (Å²) in [5, 5.41) is 20.3. The number of aliphatic carboxylic acids is 2. The second-order valence-corrected chi connectivity index (χ2v) is 17.0. The number of aldehydes is 1. The first kappa shape index (κ1) is 35.7. The second-order valence-electron chi connectivity index (χ2n) is 17.0. The molecular weight excluding hydrogens is 560 g/mol. The van der Waals surface area contributed by atoms with Gasteiger partial charge < -0.3 is 10.2 Å². The van der Waals surface area contributed by atoms with E-state index in [9.17, 15) is 24.6 Å². The van der Waals surface area contributed by atoms with Gasteiger partial charge in [-0.3, -0.25) is 14.4 Å². The summed E-state index contributed by atoms with van der Waals surface area (Å²) in [6.45, 7) is 22.0. The summed E-state index contributed by atoms with van der Waals surface area (Å²) in [4.78, 5) is 37.0. The molecule has 2 N–H and O–H groups in total. The highest BCUT2D eigenvalue weighted by Gasteiger charge is 2.58. The lowest BCUT2D eigenvalue weighted by Crippen LogP contribution is -2.53. The Hall–Kier alpha value is -2.17. The van der Waals surface area contributed by atoms with E-state index in [-0.39, 0.29) is 28.6 Å². The molecule has 0 amide bonds. The van der Waals surface area contributed by atoms with E-state index in [0.29, 0.717) is 17.8 Å². The Labute approximate surface area is 273 Å². The average molecular weight is 623 g/mol. The minimum Gasteiger partial charge on any atom is -0.481 e. The molecule has 0 aromatic carbocycles. The van der Waals surface area contributed by atoms with Crippen LogP contribution >= 0.6 is 0 Å². The van der Waals surface area contributed by atoms with E-state index < -0.39 is 22.8 Å². The molecule has 0 saturated heterocycles. The number of carboxylic acid groups (broad SMARTS) is 2. The topological polar surface area (TPSA) is 91.7 Å². The smallest absolute Gasteiger partial charge is 0.309 e. The maximum atomic E-state index is 12.4. The Morgan fingerprint density at radius 2 is 1.24 bits per heavy atom. The summed E-state index contributed by atoms with van der Waals surface area (Å²) in [5.41, 5.74) is 2.05. The van der Waals surface area contributed by atoms with E-state index in [4.69, 9.17) is 0 Å². The monoisotopic (exact) mass is 622 g/mol. The molecule has 0 aliphatic heterocycles. The van der Waals surface area contributed by atoms with Crippen molar-refractivity contribution < 1.29 is 24.6 Å². The highest BCUT2D eigenvalue weighted by Crippen LogP contribution is 2.63. The van der Waals surface area contributed by atoms with Crippen molar-refractivity contribution in [1.29, 1.82) is 0 Å². The molecule has 0 unspecified atom stereocenters. The largest absolute Gasteiger partial charge is 0.481 e. The van der Waals surface area contributed by atoms with Gasteiger partial charge in [-0.2, -0.15) is 0 Å². The van der Waals surface area contributed by atoms with Gasteiger partial charge in [0.15, 0.2) is 0 Å². The van der Waals surface area contributed by atoms with E-state index in [2.05, 4.69) is 46.9 Å². The molecule has 0 spiro atoms. The molecule has 4 fully saturated rings. The van der Waals surface area contributed by atoms with E-state index in [1.165, 1.54) is 11.1 Å². The van der Waals surface area contributed by atoms with Crippen LogP contribution in [-0.2, 0) is 14.4 Å². The van der Waals surface area contributed by atoms with Crippen LogP contribution < -0.4 is 0 Å². The van der Waals surface area contributed by atoms with Gasteiger partial charge in [0.05, 0.1) is 10.8 Å². The van der Waals surface area contributed by atoms with Crippen LogP contribution in [0.5, 0.6) is 0 Å². The van der Waals surface area contributed by atoms with Crippen LogP contribution in [0.1, 0.15) is 138 Å². The molecule has 0 bridgehead atoms. The summed E-state index contributed by atoms with van der Waals surface area (Å²) in [6, 6.07) is 0. The minimum absolute atomic E-state index is 0.0161. The van der Waals surface area contributed by atoms with Crippen molar-refractivity contribution in [3.05, 3.63) is 36.0 Å². The van der Waals surface area contributed by atoms with Gasteiger partial charge in [-0.25, -0.2) is 0 Å². The molecule has 4 saturated carbocycles. The van der Waals surface area contributed by atoms with Crippen molar-refractivity contribution >= 4 is 18.2 Å². The molecule has 0 aromatic rings. The number of carbonyl (C=O) groups excluding carboxylic acids is 1. The average Bonchev–Trinajstić information content (AvgIpc) is 2.96. The van der Waals surface area contributed by atoms with Gasteiger partial charge in [0.25, 0.3) is 0 Å². The van der Waals surface area contributed by atoms with Gasteiger partial charge in [0.1, 0.15) is 6.29 Å². The van der Waals surface area contributed by atoms with Crippen LogP contribution in [0.2, 0.25) is 0 Å². The number of carboxylic acids is 2. The van der Waals surface area contributed by atoms with E-state index in [1.54, 1.807) is 0 Å². The second kappa shape index (κ2) is 13.5. The normalized spacial score (nSPS) is 40.2. The van der Waals surface area contributed by atoms with Crippen LogP contribution in [0.25, 0.3) is 0 Å². The molecule has 4 rings (SSSR count). The number of hydrogen-bond acceptors (Lipinski definition) is 3. The predicted octanol–water partition coefficient (Wildman–Crippen LogP) is 10.1. The lowest BCUT2D eigenvalue weighted by Gasteiger charge is -2.57. The molecule has 0 radical (unpaired) electrons. The van der Waals surface area contributed by atoms with Gasteiger partial charge in [-0.15, -0.1) is 0 Å². The Kier molecular flexibility index (Phi) is 10.7. The van der Waals surface area contributed by atoms with Gasteiger partial charge in [-0.05, 0) is 149 Å². The first-order chi connectivity index (χ1) is 21.0. The fourth-order valence-corrected chi connectivity index (χ4v) is 11.3. The van der Waals surface area contributed by atoms with Gasteiger partial charge in [-0.1, -0.05) is 70.9 Å². The van der Waals surface area contributed by atoms with Crippen molar-refractivity contribution in [1.82, 2.24) is 0 Å². The van der Waals surface area contributed by atoms with Crippen LogP contribution in [0.4, 0.5) is 0 Å². The van der Waals surface area contributed by atoms with Gasteiger partial charge in [0, 0.05) is 0 Å². The molecule has 10 atom stereocenters. The Morgan fingerprint density at radius 1 is 0.800 bits per heavy atom. The zero-order valence-electron chi connectivity index (χ0n) is 29.3. The molecule has 5 heteroatoms. The molecule has 5 nitrogen and oxygen atoms in total. The van der Waals surface area contributed by atoms with Crippen molar-refractivity contribution in [2.24, 2.45) is 57.2 Å². The predicted molar refractivity (Wildman–Crippen MR) is 182 cm³/mol. The minimum atomic E-state index is -0.670. The third-order valence-corrected chi connectivity index (χ3v) is 14.3. The molecule has 4 aliphatic rings. The first-order valence-corrected chi connectivity index (χ1v) is 18.0. The van der Waals surface area contributed by atoms with Gasteiger partial charge in [0.2, 0.25) is 0 Å². The maximum absolute atomic E-state index is 12.4. The Balaban J connectivity index is 1.36. The van der Waals surface area contributed by atoms with E-state index >= 15 is 0 Å². The fraction of sp³-hybridized carbons (Fsp3) is 0.775.